The number of rotatable bonds is 2. The van der Waals surface area contributed by atoms with Crippen molar-refractivity contribution in [2.45, 2.75) is 45.1 Å². The standard InChI is InChI=1S/C13H24N4O/c1-9(2)11-10(14)12(16(4)15-11)17-7-5-13(3,18)6-8-17/h9,18H,5-8,14H2,1-4H3. The van der Waals surface area contributed by atoms with E-state index in [-0.39, 0.29) is 0 Å². The fourth-order valence-electron chi connectivity index (χ4n) is 2.55. The van der Waals surface area contributed by atoms with Gasteiger partial charge in [0.1, 0.15) is 5.82 Å². The molecule has 102 valence electrons. The first-order chi connectivity index (χ1) is 8.32. The van der Waals surface area contributed by atoms with Crippen LogP contribution in [-0.2, 0) is 7.05 Å². The molecule has 0 atom stereocenters. The van der Waals surface area contributed by atoms with Gasteiger partial charge in [0.2, 0.25) is 0 Å². The first-order valence-corrected chi connectivity index (χ1v) is 6.61. The maximum Gasteiger partial charge on any atom is 0.150 e. The molecule has 1 aliphatic rings. The zero-order valence-electron chi connectivity index (χ0n) is 11.8. The van der Waals surface area contributed by atoms with Crippen molar-refractivity contribution >= 4 is 11.5 Å². The maximum atomic E-state index is 9.99. The smallest absolute Gasteiger partial charge is 0.150 e. The monoisotopic (exact) mass is 252 g/mol. The van der Waals surface area contributed by atoms with Gasteiger partial charge in [0.25, 0.3) is 0 Å². The molecule has 1 fully saturated rings. The minimum Gasteiger partial charge on any atom is -0.394 e. The molecule has 0 saturated carbocycles. The molecule has 2 heterocycles. The Morgan fingerprint density at radius 3 is 2.33 bits per heavy atom. The zero-order valence-corrected chi connectivity index (χ0v) is 11.8. The molecule has 0 unspecified atom stereocenters. The van der Waals surface area contributed by atoms with Gasteiger partial charge in [0.05, 0.1) is 17.0 Å². The summed E-state index contributed by atoms with van der Waals surface area (Å²) in [5.74, 6) is 1.33. The van der Waals surface area contributed by atoms with Gasteiger partial charge in [0.15, 0.2) is 0 Å². The lowest BCUT2D eigenvalue weighted by Gasteiger charge is -2.37. The van der Waals surface area contributed by atoms with Crippen molar-refractivity contribution in [3.8, 4) is 0 Å². The third-order valence-electron chi connectivity index (χ3n) is 3.77. The van der Waals surface area contributed by atoms with E-state index in [1.165, 1.54) is 0 Å². The number of aromatic nitrogens is 2. The molecule has 5 heteroatoms. The predicted octanol–water partition coefficient (Wildman–Crippen LogP) is 1.48. The van der Waals surface area contributed by atoms with Gasteiger partial charge >= 0.3 is 0 Å². The number of aliphatic hydroxyl groups is 1. The minimum atomic E-state index is -0.537. The van der Waals surface area contributed by atoms with Crippen LogP contribution >= 0.6 is 0 Å². The Kier molecular flexibility index (Phi) is 3.27. The lowest BCUT2D eigenvalue weighted by Crippen LogP contribution is -2.43. The fourth-order valence-corrected chi connectivity index (χ4v) is 2.55. The highest BCUT2D eigenvalue weighted by atomic mass is 16.3. The van der Waals surface area contributed by atoms with E-state index in [9.17, 15) is 5.11 Å². The third-order valence-corrected chi connectivity index (χ3v) is 3.77. The average Bonchev–Trinajstić information content (AvgIpc) is 2.56. The lowest BCUT2D eigenvalue weighted by atomic mass is 9.94. The lowest BCUT2D eigenvalue weighted by molar-refractivity contribution is 0.0349. The Labute approximate surface area is 109 Å². The normalized spacial score (nSPS) is 19.6. The Morgan fingerprint density at radius 2 is 1.89 bits per heavy atom. The molecular weight excluding hydrogens is 228 g/mol. The first kappa shape index (κ1) is 13.2. The van der Waals surface area contributed by atoms with E-state index >= 15 is 0 Å². The second kappa shape index (κ2) is 4.46. The van der Waals surface area contributed by atoms with Gasteiger partial charge in [-0.25, -0.2) is 0 Å². The van der Waals surface area contributed by atoms with Gasteiger partial charge in [0, 0.05) is 20.1 Å². The average molecular weight is 252 g/mol. The van der Waals surface area contributed by atoms with Crippen LogP contribution in [0.2, 0.25) is 0 Å². The summed E-state index contributed by atoms with van der Waals surface area (Å²) in [5.41, 5.74) is 7.43. The molecular formula is C13H24N4O. The van der Waals surface area contributed by atoms with Crippen molar-refractivity contribution in [3.63, 3.8) is 0 Å². The second-order valence-electron chi connectivity index (χ2n) is 5.88. The molecule has 0 aliphatic carbocycles. The Hall–Kier alpha value is -1.23. The Morgan fingerprint density at radius 1 is 1.33 bits per heavy atom. The van der Waals surface area contributed by atoms with Crippen molar-refractivity contribution in [2.24, 2.45) is 7.05 Å². The van der Waals surface area contributed by atoms with Gasteiger partial charge in [-0.15, -0.1) is 0 Å². The molecule has 2 rings (SSSR count). The van der Waals surface area contributed by atoms with Crippen molar-refractivity contribution < 1.29 is 5.11 Å². The largest absolute Gasteiger partial charge is 0.394 e. The quantitative estimate of drug-likeness (QED) is 0.836. The van der Waals surface area contributed by atoms with Gasteiger partial charge in [-0.2, -0.15) is 5.10 Å². The van der Waals surface area contributed by atoms with E-state index in [2.05, 4.69) is 23.8 Å². The summed E-state index contributed by atoms with van der Waals surface area (Å²) in [6.45, 7) is 7.76. The Balaban J connectivity index is 2.24. The molecule has 1 aliphatic heterocycles. The highest BCUT2D eigenvalue weighted by Crippen LogP contribution is 2.33. The number of hydrogen-bond donors (Lipinski definition) is 2. The number of piperidine rings is 1. The van der Waals surface area contributed by atoms with E-state index < -0.39 is 5.60 Å². The summed E-state index contributed by atoms with van der Waals surface area (Å²) in [6, 6.07) is 0. The summed E-state index contributed by atoms with van der Waals surface area (Å²) in [7, 11) is 1.93. The van der Waals surface area contributed by atoms with Crippen LogP contribution in [0.15, 0.2) is 0 Å². The van der Waals surface area contributed by atoms with E-state index in [1.807, 2.05) is 18.7 Å². The second-order valence-corrected chi connectivity index (χ2v) is 5.88. The maximum absolute atomic E-state index is 9.99. The number of aryl methyl sites for hydroxylation is 1. The van der Waals surface area contributed by atoms with Crippen LogP contribution in [0.4, 0.5) is 11.5 Å². The SMILES string of the molecule is CC(C)c1nn(C)c(N2CCC(C)(O)CC2)c1N. The summed E-state index contributed by atoms with van der Waals surface area (Å²) >= 11 is 0. The number of hydrogen-bond acceptors (Lipinski definition) is 4. The summed E-state index contributed by atoms with van der Waals surface area (Å²) in [5, 5.41) is 14.5. The number of nitrogen functional groups attached to an aromatic ring is 1. The predicted molar refractivity (Wildman–Crippen MR) is 73.8 cm³/mol. The van der Waals surface area contributed by atoms with Crippen LogP contribution in [0.25, 0.3) is 0 Å². The Bertz CT molecular complexity index is 426. The van der Waals surface area contributed by atoms with Crippen LogP contribution in [0.5, 0.6) is 0 Å². The van der Waals surface area contributed by atoms with Gasteiger partial charge in [-0.1, -0.05) is 13.8 Å². The van der Waals surface area contributed by atoms with Crippen molar-refractivity contribution in [3.05, 3.63) is 5.69 Å². The highest BCUT2D eigenvalue weighted by molar-refractivity contribution is 5.67. The molecule has 0 spiro atoms. The third kappa shape index (κ3) is 2.32. The van der Waals surface area contributed by atoms with Gasteiger partial charge in [-0.3, -0.25) is 4.68 Å². The van der Waals surface area contributed by atoms with Crippen molar-refractivity contribution in [1.29, 1.82) is 0 Å². The topological polar surface area (TPSA) is 67.3 Å². The van der Waals surface area contributed by atoms with Crippen LogP contribution < -0.4 is 10.6 Å². The fraction of sp³-hybridized carbons (Fsp3) is 0.769. The molecule has 1 saturated heterocycles. The molecule has 18 heavy (non-hydrogen) atoms. The van der Waals surface area contributed by atoms with E-state index in [0.717, 1.165) is 43.1 Å². The first-order valence-electron chi connectivity index (χ1n) is 6.61. The molecule has 3 N–H and O–H groups in total. The molecule has 1 aromatic rings. The van der Waals surface area contributed by atoms with Crippen molar-refractivity contribution in [2.75, 3.05) is 23.7 Å². The molecule has 5 nitrogen and oxygen atoms in total. The molecule has 0 bridgehead atoms. The van der Waals surface area contributed by atoms with Gasteiger partial charge < -0.3 is 15.7 Å². The number of anilines is 2. The number of nitrogens with zero attached hydrogens (tertiary/aromatic N) is 3. The summed E-state index contributed by atoms with van der Waals surface area (Å²) in [4.78, 5) is 2.23. The zero-order chi connectivity index (χ0) is 13.5. The van der Waals surface area contributed by atoms with E-state index in [4.69, 9.17) is 5.73 Å². The molecule has 1 aromatic heterocycles. The van der Waals surface area contributed by atoms with Crippen LogP contribution in [-0.4, -0.2) is 33.6 Å². The minimum absolute atomic E-state index is 0.331. The van der Waals surface area contributed by atoms with Crippen molar-refractivity contribution in [1.82, 2.24) is 9.78 Å². The molecule has 0 radical (unpaired) electrons. The van der Waals surface area contributed by atoms with Crippen LogP contribution in [0.1, 0.15) is 45.2 Å². The summed E-state index contributed by atoms with van der Waals surface area (Å²) in [6.07, 6.45) is 1.54. The van der Waals surface area contributed by atoms with E-state index in [0.29, 0.717) is 5.92 Å². The van der Waals surface area contributed by atoms with Crippen LogP contribution in [0.3, 0.4) is 0 Å². The highest BCUT2D eigenvalue weighted by Gasteiger charge is 2.30. The summed E-state index contributed by atoms with van der Waals surface area (Å²) < 4.78 is 1.87. The number of nitrogens with two attached hydrogens (primary N) is 1. The van der Waals surface area contributed by atoms with Crippen LogP contribution in [0, 0.1) is 0 Å². The molecule has 0 amide bonds. The van der Waals surface area contributed by atoms with E-state index in [1.54, 1.807) is 0 Å². The molecule has 0 aromatic carbocycles. The van der Waals surface area contributed by atoms with Gasteiger partial charge in [-0.05, 0) is 25.7 Å².